The van der Waals surface area contributed by atoms with Crippen molar-refractivity contribution in [3.63, 3.8) is 0 Å². The van der Waals surface area contributed by atoms with E-state index in [-0.39, 0.29) is 45.5 Å². The Morgan fingerprint density at radius 1 is 0.848 bits per heavy atom. The third kappa shape index (κ3) is 8.26. The summed E-state index contributed by atoms with van der Waals surface area (Å²) in [5.41, 5.74) is 1.40. The third-order valence-electron chi connectivity index (χ3n) is 8.03. The molecule has 0 unspecified atom stereocenters. The Labute approximate surface area is 279 Å². The second-order valence-corrected chi connectivity index (χ2v) is 14.0. The molecular formula is C35H34Cl2FN3O4S. The third-order valence-corrected chi connectivity index (χ3v) is 10.4. The number of amides is 2. The fraction of sp³-hybridized carbons (Fsp3) is 0.257. The number of nitrogens with one attached hydrogen (secondary N) is 1. The molecule has 0 radical (unpaired) electrons. The second-order valence-electron chi connectivity index (χ2n) is 11.3. The maximum atomic E-state index is 14.5. The topological polar surface area (TPSA) is 86.8 Å². The molecule has 4 aromatic carbocycles. The van der Waals surface area contributed by atoms with Crippen LogP contribution >= 0.6 is 23.2 Å². The second kappa shape index (κ2) is 15.1. The first-order valence-corrected chi connectivity index (χ1v) is 17.2. The van der Waals surface area contributed by atoms with Crippen molar-refractivity contribution in [2.24, 2.45) is 0 Å². The first-order valence-electron chi connectivity index (χ1n) is 15.0. The van der Waals surface area contributed by atoms with E-state index in [1.165, 1.54) is 59.5 Å². The Morgan fingerprint density at radius 2 is 1.48 bits per heavy atom. The lowest BCUT2D eigenvalue weighted by molar-refractivity contribution is -0.140. The molecule has 1 aliphatic rings. The maximum Gasteiger partial charge on any atom is 0.264 e. The number of nitrogens with zero attached hydrogens (tertiary/aromatic N) is 2. The lowest BCUT2D eigenvalue weighted by Crippen LogP contribution is -2.54. The predicted octanol–water partition coefficient (Wildman–Crippen LogP) is 7.03. The molecule has 0 bridgehead atoms. The van der Waals surface area contributed by atoms with Gasteiger partial charge in [-0.05, 0) is 66.4 Å². The molecule has 0 heterocycles. The normalized spacial score (nSPS) is 14.1. The highest BCUT2D eigenvalue weighted by molar-refractivity contribution is 7.92. The Kier molecular flexibility index (Phi) is 11.0. The van der Waals surface area contributed by atoms with Crippen LogP contribution in [0.25, 0.3) is 0 Å². The maximum absolute atomic E-state index is 14.5. The standard InChI is InChI=1S/C35H34Cl2FN3O4S/c36-27-17-20-31(37)32(22-27)41(46(44,45)30-13-5-2-6-14-30)24-34(42)40(23-26-15-18-28(38)19-16-26)33(21-25-9-3-1-4-10-25)35(43)39-29-11-7-8-12-29/h1-6,9-10,13-20,22,29,33H,7-8,11-12,21,23-24H2,(H,39,43)/t33-/m0/s1. The monoisotopic (exact) mass is 681 g/mol. The van der Waals surface area contributed by atoms with E-state index in [9.17, 15) is 22.4 Å². The van der Waals surface area contributed by atoms with E-state index in [4.69, 9.17) is 23.2 Å². The molecule has 240 valence electrons. The lowest BCUT2D eigenvalue weighted by atomic mass is 10.0. The number of sulfonamides is 1. The van der Waals surface area contributed by atoms with Gasteiger partial charge in [-0.2, -0.15) is 0 Å². The summed E-state index contributed by atoms with van der Waals surface area (Å²) in [6.45, 7) is -0.752. The van der Waals surface area contributed by atoms with Crippen LogP contribution < -0.4 is 9.62 Å². The van der Waals surface area contributed by atoms with Crippen LogP contribution in [-0.2, 0) is 32.6 Å². The average Bonchev–Trinajstić information content (AvgIpc) is 3.57. The van der Waals surface area contributed by atoms with Gasteiger partial charge in [0.25, 0.3) is 10.0 Å². The van der Waals surface area contributed by atoms with Crippen LogP contribution in [0.2, 0.25) is 10.0 Å². The fourth-order valence-electron chi connectivity index (χ4n) is 5.62. The van der Waals surface area contributed by atoms with Crippen LogP contribution in [0, 0.1) is 5.82 Å². The molecule has 1 atom stereocenters. The van der Waals surface area contributed by atoms with Gasteiger partial charge in [0.1, 0.15) is 18.4 Å². The van der Waals surface area contributed by atoms with Gasteiger partial charge in [0.05, 0.1) is 15.6 Å². The molecule has 7 nitrogen and oxygen atoms in total. The number of carbonyl (C=O) groups excluding carboxylic acids is 2. The number of carbonyl (C=O) groups is 2. The molecule has 5 rings (SSSR count). The van der Waals surface area contributed by atoms with Crippen molar-refractivity contribution in [3.8, 4) is 0 Å². The van der Waals surface area contributed by atoms with Crippen LogP contribution in [0.4, 0.5) is 10.1 Å². The number of anilines is 1. The Balaban J connectivity index is 1.58. The molecule has 4 aromatic rings. The lowest BCUT2D eigenvalue weighted by Gasteiger charge is -2.34. The molecular weight excluding hydrogens is 648 g/mol. The average molecular weight is 683 g/mol. The van der Waals surface area contributed by atoms with Gasteiger partial charge in [-0.3, -0.25) is 13.9 Å². The largest absolute Gasteiger partial charge is 0.352 e. The minimum absolute atomic E-state index is 0.0168. The first-order chi connectivity index (χ1) is 22.1. The number of halogens is 3. The van der Waals surface area contributed by atoms with E-state index >= 15 is 0 Å². The molecule has 2 amide bonds. The molecule has 0 aromatic heterocycles. The number of benzene rings is 4. The van der Waals surface area contributed by atoms with Crippen molar-refractivity contribution in [1.82, 2.24) is 10.2 Å². The minimum Gasteiger partial charge on any atom is -0.352 e. The molecule has 0 aliphatic heterocycles. The van der Waals surface area contributed by atoms with E-state index in [2.05, 4.69) is 5.32 Å². The molecule has 1 aliphatic carbocycles. The van der Waals surface area contributed by atoms with Gasteiger partial charge < -0.3 is 10.2 Å². The summed E-state index contributed by atoms with van der Waals surface area (Å²) in [6.07, 6.45) is 3.85. The highest BCUT2D eigenvalue weighted by Crippen LogP contribution is 2.33. The summed E-state index contributed by atoms with van der Waals surface area (Å²) >= 11 is 12.8. The fourth-order valence-corrected chi connectivity index (χ4v) is 7.50. The van der Waals surface area contributed by atoms with Crippen molar-refractivity contribution in [2.75, 3.05) is 10.8 Å². The van der Waals surface area contributed by atoms with Crippen molar-refractivity contribution in [2.45, 2.75) is 55.6 Å². The van der Waals surface area contributed by atoms with Gasteiger partial charge in [0.2, 0.25) is 11.8 Å². The molecule has 1 N–H and O–H groups in total. The van der Waals surface area contributed by atoms with E-state index in [0.29, 0.717) is 5.56 Å². The minimum atomic E-state index is -4.33. The molecule has 46 heavy (non-hydrogen) atoms. The molecule has 1 fully saturated rings. The van der Waals surface area contributed by atoms with Crippen LogP contribution in [0.3, 0.4) is 0 Å². The highest BCUT2D eigenvalue weighted by atomic mass is 35.5. The van der Waals surface area contributed by atoms with Gasteiger partial charge >= 0.3 is 0 Å². The van der Waals surface area contributed by atoms with Crippen LogP contribution in [0.5, 0.6) is 0 Å². The van der Waals surface area contributed by atoms with Gasteiger partial charge in [0.15, 0.2) is 0 Å². The molecule has 0 spiro atoms. The number of hydrogen-bond donors (Lipinski definition) is 1. The van der Waals surface area contributed by atoms with Gasteiger partial charge in [-0.15, -0.1) is 0 Å². The highest BCUT2D eigenvalue weighted by Gasteiger charge is 2.36. The zero-order valence-corrected chi connectivity index (χ0v) is 27.3. The summed E-state index contributed by atoms with van der Waals surface area (Å²) in [5, 5.41) is 3.42. The van der Waals surface area contributed by atoms with Gasteiger partial charge in [-0.25, -0.2) is 12.8 Å². The van der Waals surface area contributed by atoms with Crippen LogP contribution in [-0.4, -0.2) is 43.8 Å². The van der Waals surface area contributed by atoms with Gasteiger partial charge in [-0.1, -0.05) is 96.7 Å². The van der Waals surface area contributed by atoms with Gasteiger partial charge in [0, 0.05) is 24.0 Å². The van der Waals surface area contributed by atoms with E-state index in [1.807, 2.05) is 30.3 Å². The Hall–Kier alpha value is -3.92. The summed E-state index contributed by atoms with van der Waals surface area (Å²) in [7, 11) is -4.33. The predicted molar refractivity (Wildman–Crippen MR) is 179 cm³/mol. The van der Waals surface area contributed by atoms with Crippen molar-refractivity contribution in [1.29, 1.82) is 0 Å². The molecule has 0 saturated heterocycles. The van der Waals surface area contributed by atoms with E-state index in [0.717, 1.165) is 35.6 Å². The molecule has 11 heteroatoms. The summed E-state index contributed by atoms with van der Waals surface area (Å²) in [5.74, 6) is -1.44. The SMILES string of the molecule is O=C(NC1CCCC1)[C@H](Cc1ccccc1)N(Cc1ccc(F)cc1)C(=O)CN(c1cc(Cl)ccc1Cl)S(=O)(=O)c1ccccc1. The molecule has 1 saturated carbocycles. The quantitative estimate of drug-likeness (QED) is 0.174. The van der Waals surface area contributed by atoms with Crippen molar-refractivity contribution >= 4 is 50.7 Å². The zero-order chi connectivity index (χ0) is 32.7. The van der Waals surface area contributed by atoms with E-state index in [1.54, 1.807) is 18.2 Å². The summed E-state index contributed by atoms with van der Waals surface area (Å²) in [4.78, 5) is 29.9. The van der Waals surface area contributed by atoms with E-state index < -0.39 is 34.3 Å². The van der Waals surface area contributed by atoms with Crippen molar-refractivity contribution < 1.29 is 22.4 Å². The Morgan fingerprint density at radius 3 is 2.13 bits per heavy atom. The van der Waals surface area contributed by atoms with Crippen molar-refractivity contribution in [3.05, 3.63) is 130 Å². The van der Waals surface area contributed by atoms with Crippen LogP contribution in [0.1, 0.15) is 36.8 Å². The van der Waals surface area contributed by atoms with Crippen LogP contribution in [0.15, 0.2) is 108 Å². The zero-order valence-electron chi connectivity index (χ0n) is 25.0. The summed E-state index contributed by atoms with van der Waals surface area (Å²) < 4.78 is 43.0. The number of rotatable bonds is 12. The smallest absolute Gasteiger partial charge is 0.264 e. The Bertz CT molecular complexity index is 1750. The summed E-state index contributed by atoms with van der Waals surface area (Å²) in [6, 6.07) is 26.0. The number of hydrogen-bond acceptors (Lipinski definition) is 4. The first kappa shape index (κ1) is 33.4.